The lowest BCUT2D eigenvalue weighted by molar-refractivity contribution is -0.142. The first-order valence-electron chi connectivity index (χ1n) is 3.50. The summed E-state index contributed by atoms with van der Waals surface area (Å²) in [4.78, 5) is 14.8. The molecule has 1 atom stereocenters. The Bertz CT molecular complexity index is 269. The molecule has 1 heterocycles. The molecule has 0 saturated heterocycles. The molecule has 2 N–H and O–H groups in total. The highest BCUT2D eigenvalue weighted by atomic mass is 35.5. The van der Waals surface area contributed by atoms with Crippen molar-refractivity contribution in [3.63, 3.8) is 0 Å². The molecule has 0 aliphatic heterocycles. The standard InChI is InChI=1S/C8H10N2O2.2ClH/c1-12-8(11)7(9)6-4-2-3-5-10-6;;/h2-5,7H,9H2,1H3;2*1H. The number of nitrogens with two attached hydrogens (primary N) is 1. The van der Waals surface area contributed by atoms with Crippen molar-refractivity contribution in [1.82, 2.24) is 4.98 Å². The Hall–Kier alpha value is -0.840. The summed E-state index contributed by atoms with van der Waals surface area (Å²) in [6, 6.07) is 4.43. The van der Waals surface area contributed by atoms with E-state index < -0.39 is 12.0 Å². The molecule has 1 aromatic heterocycles. The summed E-state index contributed by atoms with van der Waals surface area (Å²) >= 11 is 0. The molecule has 0 aromatic carbocycles. The van der Waals surface area contributed by atoms with Gasteiger partial charge >= 0.3 is 5.97 Å². The maximum atomic E-state index is 10.9. The van der Waals surface area contributed by atoms with E-state index in [0.717, 1.165) is 0 Å². The molecule has 0 saturated carbocycles. The van der Waals surface area contributed by atoms with Gasteiger partial charge in [0, 0.05) is 6.20 Å². The van der Waals surface area contributed by atoms with Gasteiger partial charge in [-0.1, -0.05) is 6.07 Å². The molecular formula is C8H12Cl2N2O2. The number of nitrogens with zero attached hydrogens (tertiary/aromatic N) is 1. The van der Waals surface area contributed by atoms with Gasteiger partial charge in [-0.25, -0.2) is 4.79 Å². The van der Waals surface area contributed by atoms with Crippen LogP contribution in [0.2, 0.25) is 0 Å². The predicted octanol–water partition coefficient (Wildman–Crippen LogP) is 1.10. The SMILES string of the molecule is COC(=O)C(N)c1ccccn1.Cl.Cl. The Kier molecular flexibility index (Phi) is 8.43. The van der Waals surface area contributed by atoms with Crippen LogP contribution in [-0.2, 0) is 9.53 Å². The molecule has 1 aromatic rings. The summed E-state index contributed by atoms with van der Waals surface area (Å²) in [5, 5.41) is 0. The second-order valence-corrected chi connectivity index (χ2v) is 2.26. The fourth-order valence-electron chi connectivity index (χ4n) is 0.808. The lowest BCUT2D eigenvalue weighted by Crippen LogP contribution is -2.23. The van der Waals surface area contributed by atoms with E-state index in [4.69, 9.17) is 5.73 Å². The molecule has 0 bridgehead atoms. The van der Waals surface area contributed by atoms with Crippen LogP contribution in [0.1, 0.15) is 11.7 Å². The van der Waals surface area contributed by atoms with Gasteiger partial charge in [-0.05, 0) is 12.1 Å². The molecule has 0 aliphatic rings. The van der Waals surface area contributed by atoms with Crippen LogP contribution in [-0.4, -0.2) is 18.1 Å². The molecule has 0 aliphatic carbocycles. The number of ether oxygens (including phenoxy) is 1. The van der Waals surface area contributed by atoms with Gasteiger partial charge in [-0.15, -0.1) is 24.8 Å². The minimum atomic E-state index is -0.781. The zero-order valence-electron chi connectivity index (χ0n) is 7.54. The molecular weight excluding hydrogens is 227 g/mol. The van der Waals surface area contributed by atoms with E-state index in [1.807, 2.05) is 0 Å². The molecule has 0 radical (unpaired) electrons. The molecule has 1 rings (SSSR count). The van der Waals surface area contributed by atoms with Gasteiger partial charge in [0.1, 0.15) is 6.04 Å². The van der Waals surface area contributed by atoms with Crippen molar-refractivity contribution < 1.29 is 9.53 Å². The smallest absolute Gasteiger partial charge is 0.328 e. The predicted molar refractivity (Wildman–Crippen MR) is 57.7 cm³/mol. The third-order valence-electron chi connectivity index (χ3n) is 1.46. The van der Waals surface area contributed by atoms with Gasteiger partial charge < -0.3 is 10.5 Å². The summed E-state index contributed by atoms with van der Waals surface area (Å²) in [5.41, 5.74) is 6.03. The number of hydrogen-bond acceptors (Lipinski definition) is 4. The fraction of sp³-hybridized carbons (Fsp3) is 0.250. The first-order chi connectivity index (χ1) is 5.75. The largest absolute Gasteiger partial charge is 0.468 e. The van der Waals surface area contributed by atoms with Crippen molar-refractivity contribution >= 4 is 30.8 Å². The van der Waals surface area contributed by atoms with E-state index in [0.29, 0.717) is 5.69 Å². The van der Waals surface area contributed by atoms with Crippen molar-refractivity contribution in [3.8, 4) is 0 Å². The maximum absolute atomic E-state index is 10.9. The molecule has 0 fully saturated rings. The Morgan fingerprint density at radius 2 is 2.14 bits per heavy atom. The average molecular weight is 239 g/mol. The van der Waals surface area contributed by atoms with Crippen LogP contribution in [0.4, 0.5) is 0 Å². The molecule has 80 valence electrons. The third kappa shape index (κ3) is 3.91. The lowest BCUT2D eigenvalue weighted by atomic mass is 10.2. The first kappa shape index (κ1) is 15.6. The Balaban J connectivity index is 0. The van der Waals surface area contributed by atoms with Gasteiger partial charge in [0.2, 0.25) is 0 Å². The Morgan fingerprint density at radius 1 is 1.50 bits per heavy atom. The summed E-state index contributed by atoms with van der Waals surface area (Å²) in [6.45, 7) is 0. The Labute approximate surface area is 94.7 Å². The number of esters is 1. The Morgan fingerprint density at radius 3 is 2.57 bits per heavy atom. The molecule has 0 amide bonds. The summed E-state index contributed by atoms with van der Waals surface area (Å²) < 4.78 is 4.46. The van der Waals surface area contributed by atoms with Gasteiger partial charge in [-0.3, -0.25) is 4.98 Å². The number of carbonyl (C=O) groups excluding carboxylic acids is 1. The average Bonchev–Trinajstić information content (AvgIpc) is 2.17. The number of halogens is 2. The van der Waals surface area contributed by atoms with Crippen LogP contribution >= 0.6 is 24.8 Å². The monoisotopic (exact) mass is 238 g/mol. The first-order valence-corrected chi connectivity index (χ1v) is 3.50. The van der Waals surface area contributed by atoms with Crippen molar-refractivity contribution in [2.75, 3.05) is 7.11 Å². The second-order valence-electron chi connectivity index (χ2n) is 2.26. The van der Waals surface area contributed by atoms with Gasteiger partial charge in [0.15, 0.2) is 0 Å². The topological polar surface area (TPSA) is 65.2 Å². The maximum Gasteiger partial charge on any atom is 0.328 e. The molecule has 0 spiro atoms. The van der Waals surface area contributed by atoms with Crippen LogP contribution in [0.5, 0.6) is 0 Å². The highest BCUT2D eigenvalue weighted by Crippen LogP contribution is 2.06. The molecule has 1 unspecified atom stereocenters. The van der Waals surface area contributed by atoms with E-state index >= 15 is 0 Å². The van der Waals surface area contributed by atoms with E-state index in [2.05, 4.69) is 9.72 Å². The zero-order valence-corrected chi connectivity index (χ0v) is 9.18. The summed E-state index contributed by atoms with van der Waals surface area (Å²) in [5.74, 6) is -0.478. The quantitative estimate of drug-likeness (QED) is 0.785. The van der Waals surface area contributed by atoms with Crippen molar-refractivity contribution in [2.45, 2.75) is 6.04 Å². The number of methoxy groups -OCH3 is 1. The molecule has 6 heteroatoms. The van der Waals surface area contributed by atoms with Crippen LogP contribution in [0.25, 0.3) is 0 Å². The number of hydrogen-bond donors (Lipinski definition) is 1. The van der Waals surface area contributed by atoms with Crippen LogP contribution in [0.3, 0.4) is 0 Å². The van der Waals surface area contributed by atoms with Gasteiger partial charge in [-0.2, -0.15) is 0 Å². The molecule has 14 heavy (non-hydrogen) atoms. The van der Waals surface area contributed by atoms with Crippen LogP contribution in [0.15, 0.2) is 24.4 Å². The minimum absolute atomic E-state index is 0. The number of carbonyl (C=O) groups is 1. The third-order valence-corrected chi connectivity index (χ3v) is 1.46. The van der Waals surface area contributed by atoms with Gasteiger partial charge in [0.25, 0.3) is 0 Å². The minimum Gasteiger partial charge on any atom is -0.468 e. The fourth-order valence-corrected chi connectivity index (χ4v) is 0.808. The van der Waals surface area contributed by atoms with Crippen LogP contribution in [0, 0.1) is 0 Å². The summed E-state index contributed by atoms with van der Waals surface area (Å²) in [7, 11) is 1.30. The van der Waals surface area contributed by atoms with Gasteiger partial charge in [0.05, 0.1) is 12.8 Å². The number of pyridine rings is 1. The van der Waals surface area contributed by atoms with Crippen LogP contribution < -0.4 is 5.73 Å². The van der Waals surface area contributed by atoms with Crippen molar-refractivity contribution in [2.24, 2.45) is 5.73 Å². The highest BCUT2D eigenvalue weighted by Gasteiger charge is 2.16. The highest BCUT2D eigenvalue weighted by molar-refractivity contribution is 5.85. The number of rotatable bonds is 2. The van der Waals surface area contributed by atoms with E-state index in [1.165, 1.54) is 7.11 Å². The van der Waals surface area contributed by atoms with Crippen molar-refractivity contribution in [1.29, 1.82) is 0 Å². The van der Waals surface area contributed by atoms with E-state index in [1.54, 1.807) is 24.4 Å². The molecule has 4 nitrogen and oxygen atoms in total. The normalized spacial score (nSPS) is 10.4. The van der Waals surface area contributed by atoms with Crippen molar-refractivity contribution in [3.05, 3.63) is 30.1 Å². The zero-order chi connectivity index (χ0) is 8.97. The lowest BCUT2D eigenvalue weighted by Gasteiger charge is -2.06. The second kappa shape index (κ2) is 7.55. The van der Waals surface area contributed by atoms with E-state index in [-0.39, 0.29) is 24.8 Å². The summed E-state index contributed by atoms with van der Waals surface area (Å²) in [6.07, 6.45) is 1.58. The van der Waals surface area contributed by atoms with E-state index in [9.17, 15) is 4.79 Å². The number of aromatic nitrogens is 1.